The summed E-state index contributed by atoms with van der Waals surface area (Å²) in [4.78, 5) is 28.1. The molecule has 0 saturated carbocycles. The van der Waals surface area contributed by atoms with E-state index in [-0.39, 0.29) is 18.2 Å². The van der Waals surface area contributed by atoms with Crippen LogP contribution in [0.25, 0.3) is 22.2 Å². The summed E-state index contributed by atoms with van der Waals surface area (Å²) in [6.07, 6.45) is 3.71. The smallest absolute Gasteiger partial charge is 0.230 e. The van der Waals surface area contributed by atoms with E-state index in [9.17, 15) is 9.59 Å². The molecule has 0 unspecified atom stereocenters. The van der Waals surface area contributed by atoms with Gasteiger partial charge in [-0.2, -0.15) is 0 Å². The molecule has 0 radical (unpaired) electrons. The van der Waals surface area contributed by atoms with Crippen molar-refractivity contribution >= 4 is 39.3 Å². The molecule has 2 aromatic carbocycles. The van der Waals surface area contributed by atoms with Crippen molar-refractivity contribution in [2.45, 2.75) is 40.0 Å². The van der Waals surface area contributed by atoms with Crippen LogP contribution in [0.4, 0.5) is 5.13 Å². The largest absolute Gasteiger partial charge is 0.464 e. The van der Waals surface area contributed by atoms with Crippen LogP contribution < -0.4 is 10.6 Å². The summed E-state index contributed by atoms with van der Waals surface area (Å²) < 4.78 is 5.71. The number of carbonyl (C=O) groups excluding carboxylic acids is 2. The molecule has 2 heterocycles. The molecule has 33 heavy (non-hydrogen) atoms. The number of rotatable bonds is 8. The third kappa shape index (κ3) is 5.49. The number of nitrogens with one attached hydrogen (secondary N) is 2. The summed E-state index contributed by atoms with van der Waals surface area (Å²) in [7, 11) is 0. The minimum Gasteiger partial charge on any atom is -0.464 e. The number of fused-ring (bicyclic) bond motifs is 1. The maximum atomic E-state index is 12.6. The molecule has 4 rings (SSSR count). The molecular formula is C26H27N3O3S. The van der Waals surface area contributed by atoms with E-state index in [1.807, 2.05) is 37.4 Å². The molecule has 170 valence electrons. The van der Waals surface area contributed by atoms with Crippen LogP contribution in [0.1, 0.15) is 35.6 Å². The maximum absolute atomic E-state index is 12.6. The highest BCUT2D eigenvalue weighted by Crippen LogP contribution is 2.28. The zero-order chi connectivity index (χ0) is 23.4. The lowest BCUT2D eigenvalue weighted by molar-refractivity contribution is -0.119. The van der Waals surface area contributed by atoms with Crippen LogP contribution in [0.2, 0.25) is 0 Å². The Morgan fingerprint density at radius 2 is 1.88 bits per heavy atom. The first-order valence-corrected chi connectivity index (χ1v) is 11.8. The van der Waals surface area contributed by atoms with E-state index in [2.05, 4.69) is 33.8 Å². The van der Waals surface area contributed by atoms with E-state index in [4.69, 9.17) is 4.42 Å². The van der Waals surface area contributed by atoms with Crippen molar-refractivity contribution in [3.05, 3.63) is 70.3 Å². The summed E-state index contributed by atoms with van der Waals surface area (Å²) in [5, 5.41) is 9.22. The van der Waals surface area contributed by atoms with Crippen LogP contribution in [0.15, 0.2) is 52.5 Å². The maximum Gasteiger partial charge on any atom is 0.230 e. The highest BCUT2D eigenvalue weighted by atomic mass is 32.1. The van der Waals surface area contributed by atoms with E-state index < -0.39 is 0 Å². The fourth-order valence-corrected chi connectivity index (χ4v) is 4.46. The molecule has 0 bridgehead atoms. The number of aromatic nitrogens is 1. The first-order chi connectivity index (χ1) is 15.9. The van der Waals surface area contributed by atoms with Crippen molar-refractivity contribution in [1.82, 2.24) is 10.3 Å². The summed E-state index contributed by atoms with van der Waals surface area (Å²) in [6, 6.07) is 12.3. The van der Waals surface area contributed by atoms with Crippen LogP contribution in [0.3, 0.4) is 0 Å². The third-order valence-corrected chi connectivity index (χ3v) is 6.47. The van der Waals surface area contributed by atoms with Gasteiger partial charge in [-0.15, -0.1) is 11.3 Å². The molecule has 0 atom stereocenters. The summed E-state index contributed by atoms with van der Waals surface area (Å²) in [5.41, 5.74) is 7.03. The number of thiazole rings is 1. The van der Waals surface area contributed by atoms with Gasteiger partial charge in [0.05, 0.1) is 18.4 Å². The second-order valence-electron chi connectivity index (χ2n) is 8.19. The number of anilines is 1. The molecule has 0 spiro atoms. The zero-order valence-electron chi connectivity index (χ0n) is 19.0. The van der Waals surface area contributed by atoms with Crippen LogP contribution >= 0.6 is 11.3 Å². The van der Waals surface area contributed by atoms with Gasteiger partial charge in [-0.1, -0.05) is 36.4 Å². The molecule has 0 saturated heterocycles. The van der Waals surface area contributed by atoms with Crippen molar-refractivity contribution in [3.8, 4) is 11.3 Å². The Bertz CT molecular complexity index is 1290. The highest BCUT2D eigenvalue weighted by molar-refractivity contribution is 7.14. The van der Waals surface area contributed by atoms with E-state index in [0.29, 0.717) is 11.7 Å². The number of amides is 2. The molecule has 0 aliphatic carbocycles. The molecule has 2 aromatic heterocycles. The van der Waals surface area contributed by atoms with Gasteiger partial charge in [0.15, 0.2) is 5.13 Å². The summed E-state index contributed by atoms with van der Waals surface area (Å²) >= 11 is 1.41. The Morgan fingerprint density at radius 3 is 2.64 bits per heavy atom. The van der Waals surface area contributed by atoms with E-state index in [1.54, 1.807) is 6.26 Å². The van der Waals surface area contributed by atoms with E-state index in [0.717, 1.165) is 46.2 Å². The molecule has 4 aromatic rings. The number of aryl methyl sites for hydroxylation is 3. The lowest BCUT2D eigenvalue weighted by Crippen LogP contribution is -2.21. The summed E-state index contributed by atoms with van der Waals surface area (Å²) in [6.45, 7) is 6.28. The number of hydrogen-bond donors (Lipinski definition) is 2. The number of benzene rings is 2. The van der Waals surface area contributed by atoms with Gasteiger partial charge in [0.1, 0.15) is 5.58 Å². The lowest BCUT2D eigenvalue weighted by Gasteiger charge is -2.04. The van der Waals surface area contributed by atoms with Gasteiger partial charge < -0.3 is 15.1 Å². The minimum absolute atomic E-state index is 0.0000678. The van der Waals surface area contributed by atoms with E-state index in [1.165, 1.54) is 29.4 Å². The van der Waals surface area contributed by atoms with Gasteiger partial charge in [-0.3, -0.25) is 9.59 Å². The predicted octanol–water partition coefficient (Wildman–Crippen LogP) is 5.42. The second-order valence-corrected chi connectivity index (χ2v) is 9.05. The standard InChI is InChI=1S/C26H27N3O3S/c1-16-6-11-22-21(14-32-25(22)17(16)2)13-24(31)29-26-28-23(15-33-26)20-9-7-19(8-10-20)5-4-12-27-18(3)30/h6-11,14-15H,4-5,12-13H2,1-3H3,(H,27,30)(H,28,29,31). The van der Waals surface area contributed by atoms with E-state index >= 15 is 0 Å². The zero-order valence-corrected chi connectivity index (χ0v) is 19.8. The topological polar surface area (TPSA) is 84.2 Å². The Labute approximate surface area is 197 Å². The molecule has 6 nitrogen and oxygen atoms in total. The van der Waals surface area contributed by atoms with Crippen molar-refractivity contribution in [1.29, 1.82) is 0 Å². The highest BCUT2D eigenvalue weighted by Gasteiger charge is 2.14. The quantitative estimate of drug-likeness (QED) is 0.343. The first-order valence-electron chi connectivity index (χ1n) is 11.0. The number of hydrogen-bond acceptors (Lipinski definition) is 5. The molecule has 0 aliphatic rings. The van der Waals surface area contributed by atoms with Gasteiger partial charge in [-0.25, -0.2) is 4.98 Å². The Morgan fingerprint density at radius 1 is 1.09 bits per heavy atom. The Kier molecular flexibility index (Phi) is 6.89. The SMILES string of the molecule is CC(=O)NCCCc1ccc(-c2csc(NC(=O)Cc3coc4c(C)c(C)ccc34)n2)cc1. The van der Waals surface area contributed by atoms with Crippen molar-refractivity contribution in [3.63, 3.8) is 0 Å². The molecular weight excluding hydrogens is 434 g/mol. The monoisotopic (exact) mass is 461 g/mol. The van der Waals surface area contributed by atoms with Gasteiger partial charge in [0.25, 0.3) is 0 Å². The number of furan rings is 1. The minimum atomic E-state index is -0.119. The van der Waals surface area contributed by atoms with Crippen LogP contribution in [0, 0.1) is 13.8 Å². The molecule has 0 fully saturated rings. The normalized spacial score (nSPS) is 11.0. The average molecular weight is 462 g/mol. The third-order valence-electron chi connectivity index (χ3n) is 5.71. The van der Waals surface area contributed by atoms with Crippen LogP contribution in [-0.4, -0.2) is 23.3 Å². The second kappa shape index (κ2) is 10.0. The van der Waals surface area contributed by atoms with Crippen molar-refractivity contribution in [2.75, 3.05) is 11.9 Å². The average Bonchev–Trinajstić information content (AvgIpc) is 3.42. The number of nitrogens with zero attached hydrogens (tertiary/aromatic N) is 1. The molecule has 0 aliphatic heterocycles. The van der Waals surface area contributed by atoms with Gasteiger partial charge in [-0.05, 0) is 43.4 Å². The Hall–Kier alpha value is -3.45. The molecule has 2 N–H and O–H groups in total. The van der Waals surface area contributed by atoms with Crippen LogP contribution in [-0.2, 0) is 22.4 Å². The molecule has 7 heteroatoms. The predicted molar refractivity (Wildman–Crippen MR) is 133 cm³/mol. The fourth-order valence-electron chi connectivity index (χ4n) is 3.72. The van der Waals surface area contributed by atoms with Gasteiger partial charge >= 0.3 is 0 Å². The number of carbonyl (C=O) groups is 2. The first kappa shape index (κ1) is 22.7. The Balaban J connectivity index is 1.35. The van der Waals surface area contributed by atoms with Gasteiger partial charge in [0, 0.05) is 35.4 Å². The molecule has 2 amide bonds. The van der Waals surface area contributed by atoms with Crippen molar-refractivity contribution in [2.24, 2.45) is 0 Å². The van der Waals surface area contributed by atoms with Crippen LogP contribution in [0.5, 0.6) is 0 Å². The summed E-state index contributed by atoms with van der Waals surface area (Å²) in [5.74, 6) is -0.119. The van der Waals surface area contributed by atoms with Gasteiger partial charge in [0.2, 0.25) is 11.8 Å². The fraction of sp³-hybridized carbons (Fsp3) is 0.269. The lowest BCUT2D eigenvalue weighted by atomic mass is 10.0. The van der Waals surface area contributed by atoms with Crippen molar-refractivity contribution < 1.29 is 14.0 Å².